The fraction of sp³-hybridized carbons (Fsp3) is 0.440. The van der Waals surface area contributed by atoms with Gasteiger partial charge in [0.15, 0.2) is 6.23 Å². The summed E-state index contributed by atoms with van der Waals surface area (Å²) in [7, 11) is 1.68. The Kier molecular flexibility index (Phi) is 7.88. The highest BCUT2D eigenvalue weighted by Gasteiger charge is 2.41. The summed E-state index contributed by atoms with van der Waals surface area (Å²) in [5.41, 5.74) is 3.42. The first-order valence-corrected chi connectivity index (χ1v) is 11.4. The number of benzene rings is 1. The molecule has 3 atom stereocenters. The number of nitrogens with zero attached hydrogens (tertiary/aromatic N) is 2. The molecule has 182 valence electrons. The smallest absolute Gasteiger partial charge is 0.413 e. The highest BCUT2D eigenvalue weighted by atomic mass is 16.6. The lowest BCUT2D eigenvalue weighted by molar-refractivity contribution is -0.130. The van der Waals surface area contributed by atoms with Gasteiger partial charge in [0.25, 0.3) is 5.91 Å². The van der Waals surface area contributed by atoms with E-state index in [1.165, 1.54) is 4.90 Å². The zero-order valence-electron chi connectivity index (χ0n) is 20.5. The van der Waals surface area contributed by atoms with E-state index in [4.69, 9.17) is 4.74 Å². The summed E-state index contributed by atoms with van der Waals surface area (Å²) < 4.78 is 5.70. The molecule has 0 spiro atoms. The van der Waals surface area contributed by atoms with E-state index in [0.29, 0.717) is 17.9 Å². The third-order valence-corrected chi connectivity index (χ3v) is 5.78. The van der Waals surface area contributed by atoms with E-state index in [-0.39, 0.29) is 17.7 Å². The number of hydrogen-bond donors (Lipinski definition) is 3. The van der Waals surface area contributed by atoms with Crippen LogP contribution in [-0.2, 0) is 20.7 Å². The molecule has 1 aliphatic heterocycles. The zero-order chi connectivity index (χ0) is 25.0. The second-order valence-electron chi connectivity index (χ2n) is 9.00. The fourth-order valence-electron chi connectivity index (χ4n) is 3.95. The molecule has 2 aromatic rings. The van der Waals surface area contributed by atoms with Crippen molar-refractivity contribution in [1.29, 1.82) is 0 Å². The number of fused-ring (bicyclic) bond motifs is 1. The van der Waals surface area contributed by atoms with E-state index in [0.717, 1.165) is 16.7 Å². The highest BCUT2D eigenvalue weighted by molar-refractivity contribution is 6.01. The van der Waals surface area contributed by atoms with E-state index < -0.39 is 24.4 Å². The quantitative estimate of drug-likeness (QED) is 0.577. The van der Waals surface area contributed by atoms with Crippen molar-refractivity contribution in [2.75, 3.05) is 17.3 Å². The lowest BCUT2D eigenvalue weighted by atomic mass is 10.0. The van der Waals surface area contributed by atoms with Gasteiger partial charge in [-0.1, -0.05) is 26.0 Å². The van der Waals surface area contributed by atoms with Crippen LogP contribution in [0.2, 0.25) is 0 Å². The number of carbonyl (C=O) groups excluding carboxylic acids is 3. The van der Waals surface area contributed by atoms with Gasteiger partial charge < -0.3 is 15.4 Å². The molecule has 34 heavy (non-hydrogen) atoms. The van der Waals surface area contributed by atoms with Crippen molar-refractivity contribution in [1.82, 2.24) is 15.6 Å². The summed E-state index contributed by atoms with van der Waals surface area (Å²) in [5.74, 6) is -0.440. The normalized spacial score (nSPS) is 16.6. The van der Waals surface area contributed by atoms with Crippen LogP contribution in [0.25, 0.3) is 0 Å². The van der Waals surface area contributed by atoms with Crippen LogP contribution in [0.1, 0.15) is 37.5 Å². The Bertz CT molecular complexity index is 1050. The van der Waals surface area contributed by atoms with Gasteiger partial charge in [0.05, 0.1) is 6.04 Å². The number of pyridine rings is 1. The second kappa shape index (κ2) is 10.6. The SMILES string of the molecule is CN[C@@H](C)C(=O)N[C@H](C(=O)N1c2ncccc2C[C@@H]1OC(=O)Nc1cc(C)cc(C)c1)C(C)C. The van der Waals surface area contributed by atoms with Crippen molar-refractivity contribution in [2.24, 2.45) is 5.92 Å². The molecular formula is C25H33N5O4. The van der Waals surface area contributed by atoms with Crippen molar-refractivity contribution >= 4 is 29.4 Å². The zero-order valence-corrected chi connectivity index (χ0v) is 20.5. The van der Waals surface area contributed by atoms with Gasteiger partial charge in [-0.05, 0) is 63.1 Å². The molecule has 9 heteroatoms. The maximum absolute atomic E-state index is 13.7. The van der Waals surface area contributed by atoms with E-state index >= 15 is 0 Å². The molecule has 1 aromatic heterocycles. The molecule has 0 bridgehead atoms. The molecule has 0 saturated carbocycles. The van der Waals surface area contributed by atoms with Crippen LogP contribution in [-0.4, -0.2) is 48.3 Å². The Morgan fingerprint density at radius 1 is 1.12 bits per heavy atom. The van der Waals surface area contributed by atoms with Gasteiger partial charge in [0.1, 0.15) is 11.9 Å². The number of amides is 3. The Morgan fingerprint density at radius 2 is 1.79 bits per heavy atom. The first-order chi connectivity index (χ1) is 16.1. The number of carbonyl (C=O) groups is 3. The van der Waals surface area contributed by atoms with E-state index in [2.05, 4.69) is 20.9 Å². The molecule has 3 rings (SSSR count). The first-order valence-electron chi connectivity index (χ1n) is 11.4. The lowest BCUT2D eigenvalue weighted by Crippen LogP contribution is -2.56. The summed E-state index contributed by atoms with van der Waals surface area (Å²) in [4.78, 5) is 44.7. The topological polar surface area (TPSA) is 113 Å². The van der Waals surface area contributed by atoms with E-state index in [9.17, 15) is 14.4 Å². The molecule has 0 radical (unpaired) electrons. The number of rotatable bonds is 7. The summed E-state index contributed by atoms with van der Waals surface area (Å²) >= 11 is 0. The maximum Gasteiger partial charge on any atom is 0.413 e. The molecule has 0 saturated heterocycles. The van der Waals surface area contributed by atoms with Crippen LogP contribution in [0, 0.1) is 19.8 Å². The van der Waals surface area contributed by atoms with Gasteiger partial charge in [-0.25, -0.2) is 9.78 Å². The number of ether oxygens (including phenoxy) is 1. The van der Waals surface area contributed by atoms with Gasteiger partial charge in [-0.15, -0.1) is 0 Å². The molecule has 3 N–H and O–H groups in total. The first kappa shape index (κ1) is 25.2. The van der Waals surface area contributed by atoms with Crippen molar-refractivity contribution in [3.63, 3.8) is 0 Å². The Hall–Kier alpha value is -3.46. The Balaban J connectivity index is 1.83. The molecule has 2 heterocycles. The Morgan fingerprint density at radius 3 is 2.41 bits per heavy atom. The standard InChI is InChI=1S/C25H33N5O4/c1-14(2)21(29-23(31)17(5)26-6)24(32)30-20(13-18-8-7-9-27-22(18)30)34-25(33)28-19-11-15(3)10-16(4)12-19/h7-12,14,17,20-21,26H,13H2,1-6H3,(H,28,33)(H,29,31)/t17-,20-,21-/m0/s1. The van der Waals surface area contributed by atoms with Crippen LogP contribution in [0.5, 0.6) is 0 Å². The summed E-state index contributed by atoms with van der Waals surface area (Å²) in [6.45, 7) is 9.31. The molecule has 1 aromatic carbocycles. The van der Waals surface area contributed by atoms with Crippen molar-refractivity contribution in [3.05, 3.63) is 53.2 Å². The summed E-state index contributed by atoms with van der Waals surface area (Å²) in [5, 5.41) is 8.44. The maximum atomic E-state index is 13.7. The number of hydrogen-bond acceptors (Lipinski definition) is 6. The average molecular weight is 468 g/mol. The van der Waals surface area contributed by atoms with Crippen molar-refractivity contribution in [3.8, 4) is 0 Å². The van der Waals surface area contributed by atoms with Gasteiger partial charge in [0, 0.05) is 23.9 Å². The molecule has 0 unspecified atom stereocenters. The van der Waals surface area contributed by atoms with Gasteiger partial charge in [-0.2, -0.15) is 0 Å². The number of anilines is 2. The minimum atomic E-state index is -0.886. The third-order valence-electron chi connectivity index (χ3n) is 5.78. The van der Waals surface area contributed by atoms with Gasteiger partial charge in [0.2, 0.25) is 5.91 Å². The number of aromatic nitrogens is 1. The van der Waals surface area contributed by atoms with Crippen LogP contribution in [0.3, 0.4) is 0 Å². The number of nitrogens with one attached hydrogen (secondary N) is 3. The van der Waals surface area contributed by atoms with Crippen molar-refractivity contribution in [2.45, 2.75) is 59.4 Å². The van der Waals surface area contributed by atoms with Crippen molar-refractivity contribution < 1.29 is 19.1 Å². The summed E-state index contributed by atoms with van der Waals surface area (Å²) in [6.07, 6.45) is 0.335. The second-order valence-corrected chi connectivity index (χ2v) is 9.00. The minimum absolute atomic E-state index is 0.196. The fourth-order valence-corrected chi connectivity index (χ4v) is 3.95. The van der Waals surface area contributed by atoms with Crippen LogP contribution < -0.4 is 20.9 Å². The van der Waals surface area contributed by atoms with Crippen LogP contribution in [0.4, 0.5) is 16.3 Å². The minimum Gasteiger partial charge on any atom is -0.424 e. The Labute approximate surface area is 200 Å². The number of likely N-dealkylation sites (N-methyl/N-ethyl adjacent to an activating group) is 1. The van der Waals surface area contributed by atoms with E-state index in [1.807, 2.05) is 52.0 Å². The van der Waals surface area contributed by atoms with E-state index in [1.54, 1.807) is 26.2 Å². The molecular weight excluding hydrogens is 434 g/mol. The molecule has 3 amide bonds. The highest BCUT2D eigenvalue weighted by Crippen LogP contribution is 2.32. The molecule has 0 fully saturated rings. The number of aryl methyl sites for hydroxylation is 2. The lowest BCUT2D eigenvalue weighted by Gasteiger charge is -2.31. The predicted molar refractivity (Wildman–Crippen MR) is 131 cm³/mol. The monoisotopic (exact) mass is 467 g/mol. The average Bonchev–Trinajstić information content (AvgIpc) is 3.12. The predicted octanol–water partition coefficient (Wildman–Crippen LogP) is 2.91. The third kappa shape index (κ3) is 5.72. The van der Waals surface area contributed by atoms with Gasteiger partial charge in [-0.3, -0.25) is 19.8 Å². The van der Waals surface area contributed by atoms with Gasteiger partial charge >= 0.3 is 6.09 Å². The van der Waals surface area contributed by atoms with Crippen LogP contribution in [0.15, 0.2) is 36.5 Å². The molecule has 0 aliphatic carbocycles. The molecule has 1 aliphatic rings. The summed E-state index contributed by atoms with van der Waals surface area (Å²) in [6, 6.07) is 8.03. The molecule has 9 nitrogen and oxygen atoms in total. The largest absolute Gasteiger partial charge is 0.424 e. The van der Waals surface area contributed by atoms with Crippen LogP contribution >= 0.6 is 0 Å².